The summed E-state index contributed by atoms with van der Waals surface area (Å²) in [6.45, 7) is 7.50. The van der Waals surface area contributed by atoms with E-state index in [2.05, 4.69) is 19.2 Å². The van der Waals surface area contributed by atoms with Crippen molar-refractivity contribution in [3.8, 4) is 0 Å². The van der Waals surface area contributed by atoms with Gasteiger partial charge in [0.05, 0.1) is 0 Å². The molecule has 0 aliphatic carbocycles. The van der Waals surface area contributed by atoms with E-state index in [-0.39, 0.29) is 17.9 Å². The first kappa shape index (κ1) is 16.5. The highest BCUT2D eigenvalue weighted by molar-refractivity contribution is 5.90. The maximum Gasteiger partial charge on any atom is 0.242 e. The van der Waals surface area contributed by atoms with Crippen LogP contribution in [0.3, 0.4) is 0 Å². The lowest BCUT2D eigenvalue weighted by atomic mass is 10.1. The zero-order valence-corrected chi connectivity index (χ0v) is 13.8. The lowest BCUT2D eigenvalue weighted by Gasteiger charge is -2.24. The summed E-state index contributed by atoms with van der Waals surface area (Å²) in [5, 5.41) is 2.97. The maximum absolute atomic E-state index is 12.3. The first-order valence-corrected chi connectivity index (χ1v) is 8.10. The van der Waals surface area contributed by atoms with Crippen LogP contribution in [0.5, 0.6) is 0 Å². The van der Waals surface area contributed by atoms with Crippen molar-refractivity contribution in [1.82, 2.24) is 10.2 Å². The van der Waals surface area contributed by atoms with Gasteiger partial charge in [0, 0.05) is 19.5 Å². The van der Waals surface area contributed by atoms with Gasteiger partial charge in [-0.3, -0.25) is 9.59 Å². The van der Waals surface area contributed by atoms with Gasteiger partial charge in [0.15, 0.2) is 0 Å². The maximum atomic E-state index is 12.3. The molecule has 1 aromatic carbocycles. The van der Waals surface area contributed by atoms with Crippen molar-refractivity contribution in [2.24, 2.45) is 5.92 Å². The zero-order chi connectivity index (χ0) is 16.1. The highest BCUT2D eigenvalue weighted by Gasteiger charge is 2.35. The molecule has 1 fully saturated rings. The largest absolute Gasteiger partial charge is 0.354 e. The van der Waals surface area contributed by atoms with Crippen LogP contribution in [-0.2, 0) is 16.1 Å². The van der Waals surface area contributed by atoms with E-state index in [9.17, 15) is 9.59 Å². The molecule has 1 aliphatic heterocycles. The Hall–Kier alpha value is -1.84. The zero-order valence-electron chi connectivity index (χ0n) is 13.8. The molecular formula is C18H26N2O2. The molecule has 4 heteroatoms. The normalized spacial score (nSPS) is 18.1. The van der Waals surface area contributed by atoms with E-state index in [4.69, 9.17) is 0 Å². The Bertz CT molecular complexity index is 522. The van der Waals surface area contributed by atoms with E-state index in [0.29, 0.717) is 31.8 Å². The Morgan fingerprint density at radius 2 is 2.00 bits per heavy atom. The molecule has 2 amide bonds. The molecule has 0 saturated carbocycles. The number of amides is 2. The Morgan fingerprint density at radius 3 is 2.64 bits per heavy atom. The summed E-state index contributed by atoms with van der Waals surface area (Å²) in [6.07, 6.45) is 2.05. The van der Waals surface area contributed by atoms with Gasteiger partial charge < -0.3 is 10.2 Å². The Balaban J connectivity index is 1.96. The number of nitrogens with one attached hydrogen (secondary N) is 1. The smallest absolute Gasteiger partial charge is 0.242 e. The predicted octanol–water partition coefficient (Wildman–Crippen LogP) is 2.65. The first-order valence-electron chi connectivity index (χ1n) is 8.10. The van der Waals surface area contributed by atoms with Crippen LogP contribution < -0.4 is 5.32 Å². The van der Waals surface area contributed by atoms with E-state index in [1.807, 2.05) is 31.2 Å². The third-order valence-electron chi connectivity index (χ3n) is 4.13. The van der Waals surface area contributed by atoms with Crippen LogP contribution in [-0.4, -0.2) is 29.3 Å². The van der Waals surface area contributed by atoms with Crippen molar-refractivity contribution in [2.45, 2.75) is 52.6 Å². The van der Waals surface area contributed by atoms with Crippen molar-refractivity contribution in [3.63, 3.8) is 0 Å². The van der Waals surface area contributed by atoms with Crippen molar-refractivity contribution in [2.75, 3.05) is 6.54 Å². The molecule has 120 valence electrons. The number of aryl methyl sites for hydroxylation is 1. The summed E-state index contributed by atoms with van der Waals surface area (Å²) in [4.78, 5) is 26.1. The minimum Gasteiger partial charge on any atom is -0.354 e. The van der Waals surface area contributed by atoms with Crippen LogP contribution in [0.4, 0.5) is 0 Å². The van der Waals surface area contributed by atoms with Crippen LogP contribution in [0.1, 0.15) is 44.2 Å². The molecule has 0 aromatic heterocycles. The summed E-state index contributed by atoms with van der Waals surface area (Å²) < 4.78 is 0. The average molecular weight is 302 g/mol. The van der Waals surface area contributed by atoms with Crippen molar-refractivity contribution < 1.29 is 9.59 Å². The minimum absolute atomic E-state index is 0.0152. The van der Waals surface area contributed by atoms with E-state index in [0.717, 1.165) is 12.0 Å². The second kappa shape index (κ2) is 7.43. The number of likely N-dealkylation sites (tertiary alicyclic amines) is 1. The molecule has 1 atom stereocenters. The molecule has 1 saturated heterocycles. The summed E-state index contributed by atoms with van der Waals surface area (Å²) in [7, 11) is 0. The molecular weight excluding hydrogens is 276 g/mol. The van der Waals surface area contributed by atoms with Crippen molar-refractivity contribution >= 4 is 11.8 Å². The standard InChI is InChI=1S/C18H26N2O2/c1-13(2)10-11-19-18(22)16-8-9-17(21)20(16)12-15-6-4-14(3)5-7-15/h4-7,13,16H,8-12H2,1-3H3,(H,19,22). The van der Waals surface area contributed by atoms with Gasteiger partial charge in [0.2, 0.25) is 11.8 Å². The highest BCUT2D eigenvalue weighted by atomic mass is 16.2. The second-order valence-corrected chi connectivity index (χ2v) is 6.54. The lowest BCUT2D eigenvalue weighted by Crippen LogP contribution is -2.44. The summed E-state index contributed by atoms with van der Waals surface area (Å²) >= 11 is 0. The first-order chi connectivity index (χ1) is 10.5. The fourth-order valence-electron chi connectivity index (χ4n) is 2.70. The van der Waals surface area contributed by atoms with Gasteiger partial charge in [-0.25, -0.2) is 0 Å². The van der Waals surface area contributed by atoms with E-state index >= 15 is 0 Å². The molecule has 22 heavy (non-hydrogen) atoms. The summed E-state index contributed by atoms with van der Waals surface area (Å²) in [5.41, 5.74) is 2.26. The van der Waals surface area contributed by atoms with E-state index < -0.39 is 0 Å². The molecule has 1 aliphatic rings. The minimum atomic E-state index is -0.319. The van der Waals surface area contributed by atoms with Crippen LogP contribution >= 0.6 is 0 Å². The molecule has 1 N–H and O–H groups in total. The summed E-state index contributed by atoms with van der Waals surface area (Å²) in [6, 6.07) is 7.80. The van der Waals surface area contributed by atoms with Crippen LogP contribution in [0, 0.1) is 12.8 Å². The van der Waals surface area contributed by atoms with E-state index in [1.54, 1.807) is 4.90 Å². The molecule has 0 bridgehead atoms. The van der Waals surface area contributed by atoms with E-state index in [1.165, 1.54) is 5.56 Å². The predicted molar refractivity (Wildman–Crippen MR) is 87.2 cm³/mol. The third kappa shape index (κ3) is 4.33. The van der Waals surface area contributed by atoms with Crippen LogP contribution in [0.15, 0.2) is 24.3 Å². The SMILES string of the molecule is Cc1ccc(CN2C(=O)CCC2C(=O)NCCC(C)C)cc1. The van der Waals surface area contributed by atoms with Gasteiger partial charge in [-0.15, -0.1) is 0 Å². The Morgan fingerprint density at radius 1 is 1.32 bits per heavy atom. The Labute approximate surface area is 132 Å². The number of carbonyl (C=O) groups excluding carboxylic acids is 2. The highest BCUT2D eigenvalue weighted by Crippen LogP contribution is 2.22. The molecule has 0 radical (unpaired) electrons. The summed E-state index contributed by atoms with van der Waals surface area (Å²) in [5.74, 6) is 0.623. The van der Waals surface area contributed by atoms with Crippen molar-refractivity contribution in [1.29, 1.82) is 0 Å². The van der Waals surface area contributed by atoms with Crippen LogP contribution in [0.2, 0.25) is 0 Å². The fourth-order valence-corrected chi connectivity index (χ4v) is 2.70. The number of carbonyl (C=O) groups is 2. The molecule has 0 spiro atoms. The lowest BCUT2D eigenvalue weighted by molar-refractivity contribution is -0.135. The van der Waals surface area contributed by atoms with Crippen LogP contribution in [0.25, 0.3) is 0 Å². The monoisotopic (exact) mass is 302 g/mol. The molecule has 1 aromatic rings. The number of hydrogen-bond acceptors (Lipinski definition) is 2. The number of benzene rings is 1. The molecule has 1 heterocycles. The average Bonchev–Trinajstić information content (AvgIpc) is 2.82. The third-order valence-corrected chi connectivity index (χ3v) is 4.13. The van der Waals surface area contributed by atoms with Crippen molar-refractivity contribution in [3.05, 3.63) is 35.4 Å². The molecule has 4 nitrogen and oxygen atoms in total. The number of hydrogen-bond donors (Lipinski definition) is 1. The van der Waals surface area contributed by atoms with Gasteiger partial charge in [-0.2, -0.15) is 0 Å². The van der Waals surface area contributed by atoms with Gasteiger partial charge >= 0.3 is 0 Å². The van der Waals surface area contributed by atoms with Gasteiger partial charge in [-0.05, 0) is 31.2 Å². The Kier molecular flexibility index (Phi) is 5.58. The number of nitrogens with zero attached hydrogens (tertiary/aromatic N) is 1. The molecule has 1 unspecified atom stereocenters. The van der Waals surface area contributed by atoms with Gasteiger partial charge in [0.1, 0.15) is 6.04 Å². The quantitative estimate of drug-likeness (QED) is 0.878. The fraction of sp³-hybridized carbons (Fsp3) is 0.556. The topological polar surface area (TPSA) is 49.4 Å². The number of rotatable bonds is 6. The van der Waals surface area contributed by atoms with Gasteiger partial charge in [-0.1, -0.05) is 43.7 Å². The van der Waals surface area contributed by atoms with Gasteiger partial charge in [0.25, 0.3) is 0 Å². The molecule has 2 rings (SSSR count). The second-order valence-electron chi connectivity index (χ2n) is 6.54.